The summed E-state index contributed by atoms with van der Waals surface area (Å²) in [6.07, 6.45) is -4.41. The molecule has 2 aromatic carbocycles. The molecule has 28 heavy (non-hydrogen) atoms. The van der Waals surface area contributed by atoms with Gasteiger partial charge in [-0.3, -0.25) is 9.69 Å². The molecule has 4 nitrogen and oxygen atoms in total. The van der Waals surface area contributed by atoms with Crippen LogP contribution in [0.15, 0.2) is 54.6 Å². The van der Waals surface area contributed by atoms with Gasteiger partial charge in [0.15, 0.2) is 0 Å². The molecule has 1 aliphatic rings. The van der Waals surface area contributed by atoms with Gasteiger partial charge in [0, 0.05) is 38.3 Å². The molecule has 1 N–H and O–H groups in total. The average molecular weight is 391 g/mol. The Balaban J connectivity index is 1.68. The maximum Gasteiger partial charge on any atom is 0.416 e. The van der Waals surface area contributed by atoms with Crippen LogP contribution in [0.4, 0.5) is 13.2 Å². The van der Waals surface area contributed by atoms with E-state index in [2.05, 4.69) is 22.2 Å². The Hall–Kier alpha value is -2.38. The summed E-state index contributed by atoms with van der Waals surface area (Å²) in [5, 5.41) is 2.89. The van der Waals surface area contributed by atoms with Gasteiger partial charge in [-0.25, -0.2) is 0 Å². The highest BCUT2D eigenvalue weighted by Crippen LogP contribution is 2.29. The Bertz CT molecular complexity index is 770. The standard InChI is InChI=1S/C21H24F3N3O/c1-26-11-13-27(14-12-26)19(16-5-3-2-4-6-16)15-25-20(28)17-7-9-18(10-8-17)21(22,23)24/h2-10,19H,11-15H2,1H3,(H,25,28)/t19-/m1/s1. The molecule has 1 atom stereocenters. The van der Waals surface area contributed by atoms with E-state index in [1.807, 2.05) is 30.3 Å². The van der Waals surface area contributed by atoms with Crippen molar-refractivity contribution in [2.24, 2.45) is 0 Å². The number of nitrogens with zero attached hydrogens (tertiary/aromatic N) is 2. The lowest BCUT2D eigenvalue weighted by Gasteiger charge is -2.38. The minimum atomic E-state index is -4.41. The molecule has 0 unspecified atom stereocenters. The van der Waals surface area contributed by atoms with E-state index < -0.39 is 11.7 Å². The Labute approximate surface area is 162 Å². The molecule has 0 spiro atoms. The third-order valence-electron chi connectivity index (χ3n) is 5.09. The Morgan fingerprint density at radius 3 is 2.18 bits per heavy atom. The fourth-order valence-corrected chi connectivity index (χ4v) is 3.37. The van der Waals surface area contributed by atoms with Crippen molar-refractivity contribution in [1.82, 2.24) is 15.1 Å². The van der Waals surface area contributed by atoms with E-state index in [1.54, 1.807) is 0 Å². The normalized spacial score (nSPS) is 17.3. The van der Waals surface area contributed by atoms with Crippen LogP contribution in [-0.2, 0) is 6.18 Å². The Morgan fingerprint density at radius 1 is 1.00 bits per heavy atom. The summed E-state index contributed by atoms with van der Waals surface area (Å²) in [5.74, 6) is -0.371. The van der Waals surface area contributed by atoms with Crippen molar-refractivity contribution in [2.75, 3.05) is 39.8 Å². The SMILES string of the molecule is CN1CCN([C@H](CNC(=O)c2ccc(C(F)(F)F)cc2)c2ccccc2)CC1. The first-order valence-electron chi connectivity index (χ1n) is 9.27. The highest BCUT2D eigenvalue weighted by Gasteiger charge is 2.30. The molecule has 0 saturated carbocycles. The molecule has 1 aliphatic heterocycles. The van der Waals surface area contributed by atoms with Crippen molar-refractivity contribution in [3.8, 4) is 0 Å². The largest absolute Gasteiger partial charge is 0.416 e. The van der Waals surface area contributed by atoms with Crippen LogP contribution in [0.1, 0.15) is 27.5 Å². The van der Waals surface area contributed by atoms with E-state index in [4.69, 9.17) is 0 Å². The predicted molar refractivity (Wildman–Crippen MR) is 102 cm³/mol. The van der Waals surface area contributed by atoms with Gasteiger partial charge < -0.3 is 10.2 Å². The van der Waals surface area contributed by atoms with E-state index in [1.165, 1.54) is 12.1 Å². The number of halogens is 3. The second-order valence-corrected chi connectivity index (χ2v) is 7.05. The molecule has 0 bridgehead atoms. The van der Waals surface area contributed by atoms with Gasteiger partial charge in [-0.15, -0.1) is 0 Å². The lowest BCUT2D eigenvalue weighted by Crippen LogP contribution is -2.48. The summed E-state index contributed by atoms with van der Waals surface area (Å²) in [4.78, 5) is 17.1. The summed E-state index contributed by atoms with van der Waals surface area (Å²) in [6.45, 7) is 4.10. The fraction of sp³-hybridized carbons (Fsp3) is 0.381. The maximum atomic E-state index is 12.7. The van der Waals surface area contributed by atoms with E-state index in [9.17, 15) is 18.0 Å². The van der Waals surface area contributed by atoms with Crippen LogP contribution in [0.5, 0.6) is 0 Å². The van der Waals surface area contributed by atoms with Gasteiger partial charge >= 0.3 is 6.18 Å². The minimum absolute atomic E-state index is 0.0216. The summed E-state index contributed by atoms with van der Waals surface area (Å²) in [5.41, 5.74) is 0.571. The molecule has 1 heterocycles. The first-order chi connectivity index (χ1) is 13.3. The Morgan fingerprint density at radius 2 is 1.61 bits per heavy atom. The van der Waals surface area contributed by atoms with E-state index in [-0.39, 0.29) is 17.5 Å². The molecular weight excluding hydrogens is 367 g/mol. The van der Waals surface area contributed by atoms with Crippen LogP contribution in [0.25, 0.3) is 0 Å². The van der Waals surface area contributed by atoms with Gasteiger partial charge in [0.1, 0.15) is 0 Å². The third-order valence-corrected chi connectivity index (χ3v) is 5.09. The van der Waals surface area contributed by atoms with Gasteiger partial charge in [-0.05, 0) is 36.9 Å². The van der Waals surface area contributed by atoms with Crippen molar-refractivity contribution < 1.29 is 18.0 Å². The molecule has 150 valence electrons. The number of carbonyl (C=O) groups excluding carboxylic acids is 1. The number of carbonyl (C=O) groups is 1. The molecule has 0 aliphatic carbocycles. The molecule has 1 saturated heterocycles. The topological polar surface area (TPSA) is 35.6 Å². The van der Waals surface area contributed by atoms with E-state index in [0.717, 1.165) is 43.9 Å². The summed E-state index contributed by atoms with van der Waals surface area (Å²) in [6, 6.07) is 14.3. The summed E-state index contributed by atoms with van der Waals surface area (Å²) >= 11 is 0. The van der Waals surface area contributed by atoms with Crippen LogP contribution in [-0.4, -0.2) is 55.5 Å². The lowest BCUT2D eigenvalue weighted by molar-refractivity contribution is -0.137. The molecule has 7 heteroatoms. The average Bonchev–Trinajstić information content (AvgIpc) is 2.69. The van der Waals surface area contributed by atoms with Gasteiger partial charge in [-0.2, -0.15) is 13.2 Å². The number of hydrogen-bond donors (Lipinski definition) is 1. The molecule has 0 radical (unpaired) electrons. The van der Waals surface area contributed by atoms with Crippen LogP contribution >= 0.6 is 0 Å². The van der Waals surface area contributed by atoms with E-state index >= 15 is 0 Å². The zero-order valence-electron chi connectivity index (χ0n) is 15.7. The van der Waals surface area contributed by atoms with Crippen LogP contribution in [0, 0.1) is 0 Å². The number of piperazine rings is 1. The lowest BCUT2D eigenvalue weighted by atomic mass is 10.0. The van der Waals surface area contributed by atoms with Crippen molar-refractivity contribution >= 4 is 5.91 Å². The van der Waals surface area contributed by atoms with Crippen molar-refractivity contribution in [1.29, 1.82) is 0 Å². The van der Waals surface area contributed by atoms with Crippen molar-refractivity contribution in [2.45, 2.75) is 12.2 Å². The number of likely N-dealkylation sites (N-methyl/N-ethyl adjacent to an activating group) is 1. The van der Waals surface area contributed by atoms with Crippen molar-refractivity contribution in [3.63, 3.8) is 0 Å². The summed E-state index contributed by atoms with van der Waals surface area (Å²) < 4.78 is 38.1. The quantitative estimate of drug-likeness (QED) is 0.848. The second kappa shape index (κ2) is 8.75. The van der Waals surface area contributed by atoms with Crippen molar-refractivity contribution in [3.05, 3.63) is 71.3 Å². The molecule has 0 aromatic heterocycles. The maximum absolute atomic E-state index is 12.7. The number of hydrogen-bond acceptors (Lipinski definition) is 3. The fourth-order valence-electron chi connectivity index (χ4n) is 3.37. The van der Waals surface area contributed by atoms with E-state index in [0.29, 0.717) is 6.54 Å². The molecule has 2 aromatic rings. The number of alkyl halides is 3. The number of benzene rings is 2. The van der Waals surface area contributed by atoms with Crippen LogP contribution in [0.2, 0.25) is 0 Å². The van der Waals surface area contributed by atoms with Gasteiger partial charge in [0.25, 0.3) is 5.91 Å². The van der Waals surface area contributed by atoms with Gasteiger partial charge in [0.05, 0.1) is 11.6 Å². The van der Waals surface area contributed by atoms with Crippen LogP contribution < -0.4 is 5.32 Å². The predicted octanol–water partition coefficient (Wildman–Crippen LogP) is 3.42. The number of nitrogens with one attached hydrogen (secondary N) is 1. The second-order valence-electron chi connectivity index (χ2n) is 7.05. The molecule has 1 amide bonds. The minimum Gasteiger partial charge on any atom is -0.350 e. The monoisotopic (exact) mass is 391 g/mol. The third kappa shape index (κ3) is 5.11. The number of amides is 1. The van der Waals surface area contributed by atoms with Gasteiger partial charge in [-0.1, -0.05) is 30.3 Å². The van der Waals surface area contributed by atoms with Gasteiger partial charge in [0.2, 0.25) is 0 Å². The first-order valence-corrected chi connectivity index (χ1v) is 9.27. The molecule has 1 fully saturated rings. The highest BCUT2D eigenvalue weighted by atomic mass is 19.4. The number of rotatable bonds is 5. The smallest absolute Gasteiger partial charge is 0.350 e. The molecule has 3 rings (SSSR count). The zero-order chi connectivity index (χ0) is 20.1. The molecular formula is C21H24F3N3O. The first kappa shape index (κ1) is 20.4. The van der Waals surface area contributed by atoms with Crippen LogP contribution in [0.3, 0.4) is 0 Å². The summed E-state index contributed by atoms with van der Waals surface area (Å²) in [7, 11) is 2.08. The zero-order valence-corrected chi connectivity index (χ0v) is 15.7. The highest BCUT2D eigenvalue weighted by molar-refractivity contribution is 5.94. The Kier molecular flexibility index (Phi) is 6.36.